The highest BCUT2D eigenvalue weighted by Gasteiger charge is 2.48. The standard InChI is InChI=1S/C19H28N2O2/c22-17(16-4-1-2-5-16)20-11-3-8-19(9-12-20)10-13-21(18(19)23)14-15-6-7-15/h1-2,15-16H,3-14H2/t19-/m1/s1. The normalized spacial score (nSPS) is 32.1. The minimum absolute atomic E-state index is 0.155. The van der Waals surface area contributed by atoms with Crippen molar-refractivity contribution in [2.45, 2.75) is 51.4 Å². The Bertz CT molecular complexity index is 517. The van der Waals surface area contributed by atoms with Crippen LogP contribution in [0.5, 0.6) is 0 Å². The van der Waals surface area contributed by atoms with Crippen molar-refractivity contribution in [1.29, 1.82) is 0 Å². The first-order valence-electron chi connectivity index (χ1n) is 9.41. The van der Waals surface area contributed by atoms with E-state index in [0.717, 1.165) is 70.6 Å². The second-order valence-corrected chi connectivity index (χ2v) is 8.04. The summed E-state index contributed by atoms with van der Waals surface area (Å²) in [4.78, 5) is 29.8. The summed E-state index contributed by atoms with van der Waals surface area (Å²) in [6, 6.07) is 0. The maximum absolute atomic E-state index is 12.9. The Labute approximate surface area is 138 Å². The van der Waals surface area contributed by atoms with Gasteiger partial charge in [0.1, 0.15) is 0 Å². The molecule has 2 aliphatic heterocycles. The van der Waals surface area contributed by atoms with Crippen molar-refractivity contribution in [3.05, 3.63) is 12.2 Å². The highest BCUT2D eigenvalue weighted by atomic mass is 16.2. The van der Waals surface area contributed by atoms with Crippen LogP contribution in [0.25, 0.3) is 0 Å². The van der Waals surface area contributed by atoms with E-state index in [0.29, 0.717) is 11.8 Å². The molecule has 2 saturated heterocycles. The van der Waals surface area contributed by atoms with Gasteiger partial charge in [-0.1, -0.05) is 12.2 Å². The number of allylic oxidation sites excluding steroid dienone is 2. The number of carbonyl (C=O) groups excluding carboxylic acids is 2. The third-order valence-electron chi connectivity index (χ3n) is 6.39. The molecule has 4 aliphatic rings. The monoisotopic (exact) mass is 316 g/mol. The molecule has 3 fully saturated rings. The molecular weight excluding hydrogens is 288 g/mol. The summed E-state index contributed by atoms with van der Waals surface area (Å²) < 4.78 is 0. The number of likely N-dealkylation sites (tertiary alicyclic amines) is 2. The lowest BCUT2D eigenvalue weighted by Gasteiger charge is -2.27. The third kappa shape index (κ3) is 2.92. The second-order valence-electron chi connectivity index (χ2n) is 8.04. The van der Waals surface area contributed by atoms with Crippen LogP contribution in [0.15, 0.2) is 12.2 Å². The topological polar surface area (TPSA) is 40.6 Å². The number of hydrogen-bond acceptors (Lipinski definition) is 2. The van der Waals surface area contributed by atoms with Gasteiger partial charge in [0, 0.05) is 32.1 Å². The Morgan fingerprint density at radius 1 is 1.09 bits per heavy atom. The summed E-state index contributed by atoms with van der Waals surface area (Å²) in [5.74, 6) is 1.64. The van der Waals surface area contributed by atoms with Gasteiger partial charge in [-0.25, -0.2) is 0 Å². The molecule has 2 amide bonds. The quantitative estimate of drug-likeness (QED) is 0.751. The van der Waals surface area contributed by atoms with Crippen LogP contribution in [0.3, 0.4) is 0 Å². The van der Waals surface area contributed by atoms with Crippen molar-refractivity contribution in [3.63, 3.8) is 0 Å². The molecule has 0 aromatic heterocycles. The van der Waals surface area contributed by atoms with Gasteiger partial charge in [-0.3, -0.25) is 9.59 Å². The molecule has 126 valence electrons. The summed E-state index contributed by atoms with van der Waals surface area (Å²) in [7, 11) is 0. The maximum Gasteiger partial charge on any atom is 0.228 e. The van der Waals surface area contributed by atoms with Gasteiger partial charge in [-0.2, -0.15) is 0 Å². The van der Waals surface area contributed by atoms with E-state index in [1.54, 1.807) is 0 Å². The molecule has 23 heavy (non-hydrogen) atoms. The van der Waals surface area contributed by atoms with Crippen molar-refractivity contribution in [2.75, 3.05) is 26.2 Å². The molecule has 1 saturated carbocycles. The fourth-order valence-electron chi connectivity index (χ4n) is 4.63. The first-order chi connectivity index (χ1) is 11.2. The van der Waals surface area contributed by atoms with E-state index in [4.69, 9.17) is 0 Å². The molecule has 4 heteroatoms. The van der Waals surface area contributed by atoms with Crippen molar-refractivity contribution < 1.29 is 9.59 Å². The lowest BCUT2D eigenvalue weighted by Crippen LogP contribution is -2.38. The third-order valence-corrected chi connectivity index (χ3v) is 6.39. The van der Waals surface area contributed by atoms with Crippen LogP contribution in [0.1, 0.15) is 51.4 Å². The average molecular weight is 316 g/mol. The zero-order valence-electron chi connectivity index (χ0n) is 14.0. The molecule has 4 rings (SSSR count). The molecule has 2 heterocycles. The first-order valence-corrected chi connectivity index (χ1v) is 9.41. The minimum Gasteiger partial charge on any atom is -0.342 e. The molecule has 0 radical (unpaired) electrons. The van der Waals surface area contributed by atoms with Gasteiger partial charge in [-0.15, -0.1) is 0 Å². The highest BCUT2D eigenvalue weighted by Crippen LogP contribution is 2.43. The van der Waals surface area contributed by atoms with Gasteiger partial charge in [-0.05, 0) is 57.3 Å². The molecule has 0 unspecified atom stereocenters. The zero-order chi connectivity index (χ0) is 15.9. The number of rotatable bonds is 3. The van der Waals surface area contributed by atoms with Crippen molar-refractivity contribution in [2.24, 2.45) is 17.3 Å². The maximum atomic E-state index is 12.9. The zero-order valence-corrected chi connectivity index (χ0v) is 14.0. The lowest BCUT2D eigenvalue weighted by atomic mass is 9.79. The fraction of sp³-hybridized carbons (Fsp3) is 0.789. The Hall–Kier alpha value is -1.32. The SMILES string of the molecule is O=C(C1CC=CC1)N1CCC[C@@]2(CC1)CCN(CC1CC1)C2=O. The predicted octanol–water partition coefficient (Wildman–Crippen LogP) is 2.59. The smallest absolute Gasteiger partial charge is 0.228 e. The number of hydrogen-bond donors (Lipinski definition) is 0. The number of nitrogens with zero attached hydrogens (tertiary/aromatic N) is 2. The van der Waals surface area contributed by atoms with Gasteiger partial charge in [0.05, 0.1) is 5.41 Å². The van der Waals surface area contributed by atoms with E-state index >= 15 is 0 Å². The van der Waals surface area contributed by atoms with Gasteiger partial charge < -0.3 is 9.80 Å². The number of amides is 2. The van der Waals surface area contributed by atoms with E-state index in [-0.39, 0.29) is 11.3 Å². The van der Waals surface area contributed by atoms with Crippen LogP contribution in [0.2, 0.25) is 0 Å². The van der Waals surface area contributed by atoms with Crippen LogP contribution >= 0.6 is 0 Å². The van der Waals surface area contributed by atoms with E-state index in [1.165, 1.54) is 12.8 Å². The summed E-state index contributed by atoms with van der Waals surface area (Å²) in [6.45, 7) is 3.54. The van der Waals surface area contributed by atoms with Crippen molar-refractivity contribution in [3.8, 4) is 0 Å². The van der Waals surface area contributed by atoms with Crippen molar-refractivity contribution >= 4 is 11.8 Å². The summed E-state index contributed by atoms with van der Waals surface area (Å²) >= 11 is 0. The Morgan fingerprint density at radius 2 is 1.83 bits per heavy atom. The van der Waals surface area contributed by atoms with Crippen LogP contribution < -0.4 is 0 Å². The first kappa shape index (κ1) is 15.2. The molecule has 2 aliphatic carbocycles. The highest BCUT2D eigenvalue weighted by molar-refractivity contribution is 5.85. The molecule has 0 N–H and O–H groups in total. The van der Waals surface area contributed by atoms with Gasteiger partial charge >= 0.3 is 0 Å². The number of carbonyl (C=O) groups is 2. The van der Waals surface area contributed by atoms with E-state index in [1.807, 2.05) is 4.90 Å². The molecule has 0 aromatic rings. The Kier molecular flexibility index (Phi) is 3.94. The molecular formula is C19H28N2O2. The van der Waals surface area contributed by atoms with Crippen LogP contribution in [-0.4, -0.2) is 47.8 Å². The molecule has 0 bridgehead atoms. The molecule has 1 atom stereocenters. The summed E-state index contributed by atoms with van der Waals surface area (Å²) in [5.41, 5.74) is -0.155. The second kappa shape index (κ2) is 5.95. The largest absolute Gasteiger partial charge is 0.342 e. The van der Waals surface area contributed by atoms with Crippen LogP contribution in [0.4, 0.5) is 0 Å². The summed E-state index contributed by atoms with van der Waals surface area (Å²) in [6.07, 6.45) is 12.5. The Balaban J connectivity index is 1.38. The minimum atomic E-state index is -0.155. The van der Waals surface area contributed by atoms with E-state index < -0.39 is 0 Å². The lowest BCUT2D eigenvalue weighted by molar-refractivity contribution is -0.138. The van der Waals surface area contributed by atoms with E-state index in [9.17, 15) is 9.59 Å². The fourth-order valence-corrected chi connectivity index (χ4v) is 4.63. The van der Waals surface area contributed by atoms with E-state index in [2.05, 4.69) is 17.1 Å². The average Bonchev–Trinajstić information content (AvgIpc) is 3.18. The van der Waals surface area contributed by atoms with Gasteiger partial charge in [0.2, 0.25) is 11.8 Å². The summed E-state index contributed by atoms with van der Waals surface area (Å²) in [5, 5.41) is 0. The van der Waals surface area contributed by atoms with Crippen molar-refractivity contribution in [1.82, 2.24) is 9.80 Å². The molecule has 0 aromatic carbocycles. The van der Waals surface area contributed by atoms with Gasteiger partial charge in [0.25, 0.3) is 0 Å². The van der Waals surface area contributed by atoms with Crippen LogP contribution in [-0.2, 0) is 9.59 Å². The molecule has 1 spiro atoms. The van der Waals surface area contributed by atoms with Crippen LogP contribution in [0, 0.1) is 17.3 Å². The van der Waals surface area contributed by atoms with Gasteiger partial charge in [0.15, 0.2) is 0 Å². The molecule has 4 nitrogen and oxygen atoms in total. The Morgan fingerprint density at radius 3 is 2.57 bits per heavy atom. The predicted molar refractivity (Wildman–Crippen MR) is 88.6 cm³/mol.